The van der Waals surface area contributed by atoms with Crippen LogP contribution in [-0.2, 0) is 4.74 Å². The van der Waals surface area contributed by atoms with Crippen molar-refractivity contribution >= 4 is 33.4 Å². The summed E-state index contributed by atoms with van der Waals surface area (Å²) < 4.78 is 10.1. The third kappa shape index (κ3) is 4.55. The molecule has 0 aliphatic rings. The van der Waals surface area contributed by atoms with E-state index in [9.17, 15) is 4.79 Å². The van der Waals surface area contributed by atoms with Crippen molar-refractivity contribution in [2.75, 3.05) is 25.1 Å². The Morgan fingerprint density at radius 1 is 1.56 bits per heavy atom. The predicted octanol–water partition coefficient (Wildman–Crippen LogP) is 2.46. The fourth-order valence-corrected chi connectivity index (χ4v) is 1.51. The normalized spacial score (nSPS) is 10.4. The van der Waals surface area contributed by atoms with E-state index < -0.39 is 0 Å². The Morgan fingerprint density at radius 3 is 3.00 bits per heavy atom. The second kappa shape index (κ2) is 7.70. The molecule has 0 saturated carbocycles. The number of carbonyl (C=O) groups excluding carboxylic acids is 1. The van der Waals surface area contributed by atoms with Crippen LogP contribution >= 0.6 is 27.5 Å². The Hall–Kier alpha value is -0.520. The summed E-state index contributed by atoms with van der Waals surface area (Å²) in [6.45, 7) is 1.87. The van der Waals surface area contributed by atoms with E-state index in [-0.39, 0.29) is 11.1 Å². The molecule has 0 spiro atoms. The molecular weight excluding hydrogens is 297 g/mol. The smallest absolute Gasteiger partial charge is 0.256 e. The van der Waals surface area contributed by atoms with Crippen molar-refractivity contribution in [2.45, 2.75) is 6.42 Å². The molecule has 6 heteroatoms. The Balaban J connectivity index is 2.14. The molecule has 1 rings (SSSR count). The summed E-state index contributed by atoms with van der Waals surface area (Å²) in [5.74, 6) is -0.223. The van der Waals surface area contributed by atoms with Crippen molar-refractivity contribution in [1.29, 1.82) is 0 Å². The number of ether oxygens (including phenoxy) is 1. The van der Waals surface area contributed by atoms with E-state index in [1.165, 1.54) is 6.26 Å². The molecule has 1 N–H and O–H groups in total. The lowest BCUT2D eigenvalue weighted by Crippen LogP contribution is -2.25. The first-order valence-corrected chi connectivity index (χ1v) is 6.40. The van der Waals surface area contributed by atoms with Crippen molar-refractivity contribution in [3.63, 3.8) is 0 Å². The number of furan rings is 1. The van der Waals surface area contributed by atoms with E-state index in [2.05, 4.69) is 21.2 Å². The van der Waals surface area contributed by atoms with Crippen molar-refractivity contribution in [3.05, 3.63) is 23.1 Å². The summed E-state index contributed by atoms with van der Waals surface area (Å²) in [6, 6.07) is 1.54. The van der Waals surface area contributed by atoms with E-state index in [1.54, 1.807) is 6.07 Å². The zero-order valence-corrected chi connectivity index (χ0v) is 11.0. The van der Waals surface area contributed by atoms with Crippen LogP contribution in [0.15, 0.2) is 16.7 Å². The van der Waals surface area contributed by atoms with Crippen LogP contribution < -0.4 is 5.32 Å². The van der Waals surface area contributed by atoms with Gasteiger partial charge in [0.1, 0.15) is 0 Å². The fourth-order valence-electron chi connectivity index (χ4n) is 1.08. The van der Waals surface area contributed by atoms with E-state index >= 15 is 0 Å². The highest BCUT2D eigenvalue weighted by Gasteiger charge is 2.11. The van der Waals surface area contributed by atoms with Crippen LogP contribution in [0.25, 0.3) is 0 Å². The molecule has 0 unspecified atom stereocenters. The molecule has 1 aromatic rings. The lowest BCUT2D eigenvalue weighted by Gasteiger charge is -2.04. The average Bonchev–Trinajstić information content (AvgIpc) is 2.69. The molecule has 4 nitrogen and oxygen atoms in total. The minimum Gasteiger partial charge on any atom is -0.452 e. The van der Waals surface area contributed by atoms with Crippen LogP contribution in [0.1, 0.15) is 16.8 Å². The molecule has 0 saturated heterocycles. The number of nitrogens with one attached hydrogen (secondary N) is 1. The monoisotopic (exact) mass is 309 g/mol. The maximum absolute atomic E-state index is 11.5. The lowest BCUT2D eigenvalue weighted by atomic mass is 10.3. The molecule has 16 heavy (non-hydrogen) atoms. The zero-order chi connectivity index (χ0) is 11.8. The van der Waals surface area contributed by atoms with Crippen LogP contribution in [0.4, 0.5) is 0 Å². The van der Waals surface area contributed by atoms with Gasteiger partial charge in [-0.3, -0.25) is 4.79 Å². The molecule has 90 valence electrons. The molecule has 1 amide bonds. The molecular formula is C10H13BrClNO3. The van der Waals surface area contributed by atoms with Gasteiger partial charge in [0.05, 0.1) is 18.4 Å². The van der Waals surface area contributed by atoms with Gasteiger partial charge >= 0.3 is 0 Å². The third-order valence-electron chi connectivity index (χ3n) is 1.84. The first-order valence-electron chi connectivity index (χ1n) is 4.90. The number of carbonyl (C=O) groups is 1. The predicted molar refractivity (Wildman–Crippen MR) is 65.3 cm³/mol. The van der Waals surface area contributed by atoms with Gasteiger partial charge in [0, 0.05) is 18.5 Å². The SMILES string of the molecule is O=C(NCCCOCCBr)c1ccoc1Cl. The average molecular weight is 311 g/mol. The zero-order valence-electron chi connectivity index (χ0n) is 8.67. The molecule has 0 bridgehead atoms. The molecule has 0 aliphatic carbocycles. The number of amides is 1. The van der Waals surface area contributed by atoms with Crippen LogP contribution in [0.5, 0.6) is 0 Å². The topological polar surface area (TPSA) is 51.5 Å². The second-order valence-electron chi connectivity index (χ2n) is 3.02. The van der Waals surface area contributed by atoms with Gasteiger partial charge in [-0.25, -0.2) is 0 Å². The Labute approximate surface area is 107 Å². The van der Waals surface area contributed by atoms with Gasteiger partial charge in [0.15, 0.2) is 0 Å². The second-order valence-corrected chi connectivity index (χ2v) is 4.16. The Morgan fingerprint density at radius 2 is 2.38 bits per heavy atom. The highest BCUT2D eigenvalue weighted by atomic mass is 79.9. The van der Waals surface area contributed by atoms with Crippen molar-refractivity contribution < 1.29 is 13.9 Å². The quantitative estimate of drug-likeness (QED) is 0.622. The molecule has 0 radical (unpaired) electrons. The van der Waals surface area contributed by atoms with Gasteiger partial charge in [0.25, 0.3) is 5.91 Å². The van der Waals surface area contributed by atoms with Crippen LogP contribution in [0, 0.1) is 0 Å². The lowest BCUT2D eigenvalue weighted by molar-refractivity contribution is 0.0944. The summed E-state index contributed by atoms with van der Waals surface area (Å²) in [5.41, 5.74) is 0.364. The number of rotatable bonds is 7. The Bertz CT molecular complexity index is 330. The minimum atomic E-state index is -0.223. The van der Waals surface area contributed by atoms with Gasteiger partial charge < -0.3 is 14.5 Å². The van der Waals surface area contributed by atoms with Gasteiger partial charge in [-0.2, -0.15) is 0 Å². The largest absolute Gasteiger partial charge is 0.452 e. The van der Waals surface area contributed by atoms with Gasteiger partial charge in [0.2, 0.25) is 5.22 Å². The minimum absolute atomic E-state index is 0.119. The highest BCUT2D eigenvalue weighted by Crippen LogP contribution is 2.15. The van der Waals surface area contributed by atoms with E-state index in [1.807, 2.05) is 0 Å². The number of hydrogen-bond acceptors (Lipinski definition) is 3. The Kier molecular flexibility index (Phi) is 6.52. The van der Waals surface area contributed by atoms with Gasteiger partial charge in [-0.15, -0.1) is 0 Å². The van der Waals surface area contributed by atoms with Crippen LogP contribution in [0.3, 0.4) is 0 Å². The summed E-state index contributed by atoms with van der Waals surface area (Å²) in [4.78, 5) is 11.5. The van der Waals surface area contributed by atoms with E-state index in [0.717, 1.165) is 11.8 Å². The van der Waals surface area contributed by atoms with Crippen molar-refractivity contribution in [1.82, 2.24) is 5.32 Å². The van der Waals surface area contributed by atoms with E-state index in [4.69, 9.17) is 20.8 Å². The summed E-state index contributed by atoms with van der Waals surface area (Å²) in [5, 5.41) is 3.67. The molecule has 0 atom stereocenters. The third-order valence-corrected chi connectivity index (χ3v) is 2.45. The molecule has 0 aliphatic heterocycles. The highest BCUT2D eigenvalue weighted by molar-refractivity contribution is 9.09. The first-order chi connectivity index (χ1) is 7.75. The van der Waals surface area contributed by atoms with E-state index in [0.29, 0.717) is 25.3 Å². The summed E-state index contributed by atoms with van der Waals surface area (Å²) >= 11 is 8.91. The summed E-state index contributed by atoms with van der Waals surface area (Å²) in [7, 11) is 0. The van der Waals surface area contributed by atoms with Crippen LogP contribution in [-0.4, -0.2) is 31.0 Å². The number of halogens is 2. The summed E-state index contributed by atoms with van der Waals surface area (Å²) in [6.07, 6.45) is 2.16. The maximum atomic E-state index is 11.5. The fraction of sp³-hybridized carbons (Fsp3) is 0.500. The first kappa shape index (κ1) is 13.5. The van der Waals surface area contributed by atoms with Crippen LogP contribution in [0.2, 0.25) is 5.22 Å². The molecule has 0 fully saturated rings. The number of hydrogen-bond donors (Lipinski definition) is 1. The molecule has 1 heterocycles. The van der Waals surface area contributed by atoms with Crippen molar-refractivity contribution in [2.24, 2.45) is 0 Å². The standard InChI is InChI=1S/C10H13BrClNO3/c11-3-7-15-5-1-4-13-10(14)8-2-6-16-9(8)12/h2,6H,1,3-5,7H2,(H,13,14). The van der Waals surface area contributed by atoms with Gasteiger partial charge in [-0.05, 0) is 24.1 Å². The molecule has 1 aromatic heterocycles. The molecule has 0 aromatic carbocycles. The van der Waals surface area contributed by atoms with Crippen molar-refractivity contribution in [3.8, 4) is 0 Å². The number of alkyl halides is 1. The van der Waals surface area contributed by atoms with Gasteiger partial charge in [-0.1, -0.05) is 15.9 Å². The maximum Gasteiger partial charge on any atom is 0.256 e.